The summed E-state index contributed by atoms with van der Waals surface area (Å²) in [6.07, 6.45) is 7.81. The number of aliphatic hydroxyl groups excluding tert-OH is 1. The van der Waals surface area contributed by atoms with Crippen LogP contribution in [0.25, 0.3) is 11.5 Å². The van der Waals surface area contributed by atoms with Crippen LogP contribution in [0.4, 0.5) is 0 Å². The molecule has 0 saturated carbocycles. The molecule has 0 unspecified atom stereocenters. The van der Waals surface area contributed by atoms with Crippen molar-refractivity contribution in [3.63, 3.8) is 0 Å². The number of morpholine rings is 1. The minimum Gasteiger partial charge on any atom is -0.396 e. The molecule has 2 aromatic rings. The molecule has 2 aliphatic heterocycles. The molecule has 130 valence electrons. The summed E-state index contributed by atoms with van der Waals surface area (Å²) in [6, 6.07) is 0.868. The van der Waals surface area contributed by atoms with Gasteiger partial charge in [-0.3, -0.25) is 4.90 Å². The Morgan fingerprint density at radius 2 is 2.17 bits per heavy atom. The lowest BCUT2D eigenvalue weighted by Gasteiger charge is -2.34. The highest BCUT2D eigenvalue weighted by Crippen LogP contribution is 2.33. The van der Waals surface area contributed by atoms with Crippen molar-refractivity contribution in [2.75, 3.05) is 26.3 Å². The Morgan fingerprint density at radius 3 is 2.92 bits per heavy atom. The summed E-state index contributed by atoms with van der Waals surface area (Å²) >= 11 is 0. The summed E-state index contributed by atoms with van der Waals surface area (Å²) < 4.78 is 10.3. The van der Waals surface area contributed by atoms with Crippen LogP contribution in [-0.2, 0) is 11.8 Å². The number of fused-ring (bicyclic) bond motifs is 1. The van der Waals surface area contributed by atoms with Crippen LogP contribution in [0.5, 0.6) is 0 Å². The van der Waals surface area contributed by atoms with Crippen LogP contribution in [0.1, 0.15) is 24.7 Å². The highest BCUT2D eigenvalue weighted by molar-refractivity contribution is 5.50. The van der Waals surface area contributed by atoms with Gasteiger partial charge in [0.1, 0.15) is 11.5 Å². The zero-order chi connectivity index (χ0) is 16.7. The van der Waals surface area contributed by atoms with Gasteiger partial charge in [0.05, 0.1) is 18.9 Å². The fraction of sp³-hybridized carbons (Fsp3) is 0.647. The second-order valence-electron chi connectivity index (χ2n) is 6.87. The smallest absolute Gasteiger partial charge is 0.158 e. The Bertz CT molecular complexity index is 710. The predicted molar refractivity (Wildman–Crippen MR) is 89.6 cm³/mol. The van der Waals surface area contributed by atoms with Crippen molar-refractivity contribution in [3.05, 3.63) is 24.4 Å². The van der Waals surface area contributed by atoms with E-state index >= 15 is 0 Å². The second-order valence-corrected chi connectivity index (χ2v) is 6.87. The number of aliphatic hydroxyl groups is 1. The first-order valence-corrected chi connectivity index (χ1v) is 8.65. The standard InChI is InChI=1S/C17H25N5O2/c1-12-19-8-16(20(12)2)17-18-4-5-22(17)13-7-14-11-24-15(3-6-23)10-21(14)9-13/h4-5,8,13-15,23H,3,6-7,9-11H2,1-2H3/t13-,14+,15+/m1/s1. The summed E-state index contributed by atoms with van der Waals surface area (Å²) in [5.74, 6) is 1.97. The lowest BCUT2D eigenvalue weighted by atomic mass is 10.1. The molecule has 4 heterocycles. The summed E-state index contributed by atoms with van der Waals surface area (Å²) in [6.45, 7) is 4.88. The molecule has 0 aliphatic carbocycles. The van der Waals surface area contributed by atoms with Crippen molar-refractivity contribution >= 4 is 0 Å². The Balaban J connectivity index is 1.54. The fourth-order valence-corrected chi connectivity index (χ4v) is 3.95. The summed E-state index contributed by atoms with van der Waals surface area (Å²) in [5.41, 5.74) is 1.05. The van der Waals surface area contributed by atoms with Crippen LogP contribution in [-0.4, -0.2) is 67.6 Å². The number of aryl methyl sites for hydroxylation is 1. The highest BCUT2D eigenvalue weighted by Gasteiger charge is 2.38. The predicted octanol–water partition coefficient (Wildman–Crippen LogP) is 0.989. The van der Waals surface area contributed by atoms with Gasteiger partial charge in [0.15, 0.2) is 5.82 Å². The van der Waals surface area contributed by atoms with E-state index in [2.05, 4.69) is 30.2 Å². The molecule has 4 rings (SSSR count). The lowest BCUT2D eigenvalue weighted by molar-refractivity contribution is -0.0567. The molecule has 24 heavy (non-hydrogen) atoms. The molecular formula is C17H25N5O2. The van der Waals surface area contributed by atoms with Crippen molar-refractivity contribution in [1.82, 2.24) is 24.0 Å². The van der Waals surface area contributed by atoms with Gasteiger partial charge in [0, 0.05) is 51.2 Å². The molecule has 3 atom stereocenters. The van der Waals surface area contributed by atoms with Crippen molar-refractivity contribution in [3.8, 4) is 11.5 Å². The second kappa shape index (κ2) is 6.31. The lowest BCUT2D eigenvalue weighted by Crippen LogP contribution is -2.46. The van der Waals surface area contributed by atoms with E-state index in [-0.39, 0.29) is 12.7 Å². The summed E-state index contributed by atoms with van der Waals surface area (Å²) in [7, 11) is 2.03. The summed E-state index contributed by atoms with van der Waals surface area (Å²) in [4.78, 5) is 11.5. The third kappa shape index (κ3) is 2.66. The van der Waals surface area contributed by atoms with E-state index in [0.29, 0.717) is 12.1 Å². The highest BCUT2D eigenvalue weighted by atomic mass is 16.5. The van der Waals surface area contributed by atoms with Gasteiger partial charge in [-0.25, -0.2) is 9.97 Å². The van der Waals surface area contributed by atoms with E-state index in [1.807, 2.05) is 26.4 Å². The van der Waals surface area contributed by atoms with Crippen LogP contribution in [0.2, 0.25) is 0 Å². The Hall–Kier alpha value is -1.70. The molecule has 1 N–H and O–H groups in total. The van der Waals surface area contributed by atoms with Crippen LogP contribution >= 0.6 is 0 Å². The number of hydrogen-bond acceptors (Lipinski definition) is 5. The Kier molecular flexibility index (Phi) is 4.15. The van der Waals surface area contributed by atoms with Gasteiger partial charge >= 0.3 is 0 Å². The number of imidazole rings is 2. The van der Waals surface area contributed by atoms with E-state index < -0.39 is 0 Å². The number of ether oxygens (including phenoxy) is 1. The van der Waals surface area contributed by atoms with E-state index in [1.54, 1.807) is 0 Å². The molecule has 2 saturated heterocycles. The SMILES string of the molecule is Cc1ncc(-c2nccn2[C@@H]2C[C@H]3CO[C@@H](CCO)CN3C2)n1C. The molecule has 0 bridgehead atoms. The monoisotopic (exact) mass is 331 g/mol. The Morgan fingerprint density at radius 1 is 1.29 bits per heavy atom. The number of rotatable bonds is 4. The average Bonchev–Trinajstić information content (AvgIpc) is 3.26. The normalized spacial score (nSPS) is 27.5. The zero-order valence-corrected chi connectivity index (χ0v) is 14.3. The minimum atomic E-state index is 0.159. The quantitative estimate of drug-likeness (QED) is 0.905. The molecule has 7 heteroatoms. The molecule has 0 amide bonds. The first kappa shape index (κ1) is 15.8. The third-order valence-corrected chi connectivity index (χ3v) is 5.43. The van der Waals surface area contributed by atoms with Gasteiger partial charge in [-0.2, -0.15) is 0 Å². The maximum atomic E-state index is 9.13. The van der Waals surface area contributed by atoms with Crippen molar-refractivity contribution in [2.24, 2.45) is 7.05 Å². The number of aromatic nitrogens is 4. The van der Waals surface area contributed by atoms with Crippen molar-refractivity contribution < 1.29 is 9.84 Å². The van der Waals surface area contributed by atoms with Crippen LogP contribution < -0.4 is 0 Å². The van der Waals surface area contributed by atoms with Crippen LogP contribution in [0.15, 0.2) is 18.6 Å². The third-order valence-electron chi connectivity index (χ3n) is 5.43. The molecule has 2 aliphatic rings. The van der Waals surface area contributed by atoms with Gasteiger partial charge in [0.2, 0.25) is 0 Å². The number of nitrogens with zero attached hydrogens (tertiary/aromatic N) is 5. The topological polar surface area (TPSA) is 68.3 Å². The molecule has 0 spiro atoms. The van der Waals surface area contributed by atoms with Gasteiger partial charge in [-0.15, -0.1) is 0 Å². The maximum Gasteiger partial charge on any atom is 0.158 e. The largest absolute Gasteiger partial charge is 0.396 e. The first-order chi connectivity index (χ1) is 11.7. The average molecular weight is 331 g/mol. The first-order valence-electron chi connectivity index (χ1n) is 8.65. The van der Waals surface area contributed by atoms with Crippen molar-refractivity contribution in [1.29, 1.82) is 0 Å². The van der Waals surface area contributed by atoms with E-state index in [9.17, 15) is 0 Å². The molecule has 0 radical (unpaired) electrons. The van der Waals surface area contributed by atoms with Gasteiger partial charge in [0.25, 0.3) is 0 Å². The van der Waals surface area contributed by atoms with Gasteiger partial charge in [-0.05, 0) is 19.8 Å². The molecule has 7 nitrogen and oxygen atoms in total. The molecule has 0 aromatic carbocycles. The minimum absolute atomic E-state index is 0.159. The fourth-order valence-electron chi connectivity index (χ4n) is 3.95. The number of hydrogen-bond donors (Lipinski definition) is 1. The van der Waals surface area contributed by atoms with Crippen molar-refractivity contribution in [2.45, 2.75) is 38.0 Å². The summed E-state index contributed by atoms with van der Waals surface area (Å²) in [5, 5.41) is 9.13. The maximum absolute atomic E-state index is 9.13. The zero-order valence-electron chi connectivity index (χ0n) is 14.3. The van der Waals surface area contributed by atoms with E-state index in [1.165, 1.54) is 0 Å². The van der Waals surface area contributed by atoms with E-state index in [4.69, 9.17) is 9.84 Å². The van der Waals surface area contributed by atoms with Gasteiger partial charge < -0.3 is 19.0 Å². The molecule has 2 aromatic heterocycles. The van der Waals surface area contributed by atoms with Gasteiger partial charge in [-0.1, -0.05) is 0 Å². The Labute approximate surface area is 141 Å². The molecular weight excluding hydrogens is 306 g/mol. The van der Waals surface area contributed by atoms with Crippen LogP contribution in [0.3, 0.4) is 0 Å². The van der Waals surface area contributed by atoms with E-state index in [0.717, 1.165) is 49.9 Å². The molecule has 2 fully saturated rings. The van der Waals surface area contributed by atoms with Crippen LogP contribution in [0, 0.1) is 6.92 Å².